The first-order valence-corrected chi connectivity index (χ1v) is 11.7. The van der Waals surface area contributed by atoms with Gasteiger partial charge in [-0.05, 0) is 42.3 Å². The lowest BCUT2D eigenvalue weighted by molar-refractivity contribution is -0.141. The third-order valence-corrected chi connectivity index (χ3v) is 6.86. The maximum Gasteiger partial charge on any atom is 0.433 e. The summed E-state index contributed by atoms with van der Waals surface area (Å²) in [5.41, 5.74) is 7.01. The maximum absolute atomic E-state index is 13.4. The maximum atomic E-state index is 13.4. The number of hydrogen-bond donors (Lipinski definition) is 1. The van der Waals surface area contributed by atoms with Crippen molar-refractivity contribution in [3.63, 3.8) is 0 Å². The number of hydrogen-bond acceptors (Lipinski definition) is 7. The van der Waals surface area contributed by atoms with Gasteiger partial charge in [-0.25, -0.2) is 14.3 Å². The van der Waals surface area contributed by atoms with Crippen LogP contribution in [0.2, 0.25) is 0 Å². The van der Waals surface area contributed by atoms with Gasteiger partial charge < -0.3 is 15.5 Å². The number of alkyl halides is 3. The van der Waals surface area contributed by atoms with E-state index >= 15 is 0 Å². The number of anilines is 2. The van der Waals surface area contributed by atoms with Crippen molar-refractivity contribution in [2.24, 2.45) is 5.73 Å². The highest BCUT2D eigenvalue weighted by Gasteiger charge is 2.35. The van der Waals surface area contributed by atoms with Crippen LogP contribution < -0.4 is 15.5 Å². The second kappa shape index (κ2) is 9.47. The van der Waals surface area contributed by atoms with Crippen molar-refractivity contribution >= 4 is 39.3 Å². The molecule has 0 bridgehead atoms. The Labute approximate surface area is 204 Å². The van der Waals surface area contributed by atoms with E-state index in [2.05, 4.69) is 50.0 Å². The number of halogens is 3. The van der Waals surface area contributed by atoms with Crippen molar-refractivity contribution in [1.29, 1.82) is 0 Å². The molecule has 2 fully saturated rings. The minimum Gasteiger partial charge on any atom is -0.344 e. The summed E-state index contributed by atoms with van der Waals surface area (Å²) < 4.78 is 42.2. The largest absolute Gasteiger partial charge is 0.433 e. The lowest BCUT2D eigenvalue weighted by Gasteiger charge is -2.34. The van der Waals surface area contributed by atoms with E-state index in [9.17, 15) is 13.2 Å². The van der Waals surface area contributed by atoms with E-state index in [0.29, 0.717) is 26.2 Å². The van der Waals surface area contributed by atoms with Gasteiger partial charge in [-0.2, -0.15) is 13.2 Å². The predicted molar refractivity (Wildman–Crippen MR) is 131 cm³/mol. The summed E-state index contributed by atoms with van der Waals surface area (Å²) in [7, 11) is 11.6. The SMILES string of the molecule is [B]C([B])(C)c1cc(C(F)(F)F)nc(N2CCN(Sc3ccc(N4CC(N)CC4=C)cc3)CC2)n1. The molecule has 0 amide bonds. The zero-order valence-electron chi connectivity index (χ0n) is 18.9. The molecule has 6 nitrogen and oxygen atoms in total. The minimum atomic E-state index is -4.62. The van der Waals surface area contributed by atoms with Crippen molar-refractivity contribution < 1.29 is 13.2 Å². The number of benzene rings is 1. The van der Waals surface area contributed by atoms with E-state index in [1.165, 1.54) is 6.92 Å². The van der Waals surface area contributed by atoms with E-state index in [4.69, 9.17) is 21.4 Å². The summed E-state index contributed by atoms with van der Waals surface area (Å²) in [6.07, 6.45) is -3.82. The Morgan fingerprint density at radius 2 is 1.68 bits per heavy atom. The highest BCUT2D eigenvalue weighted by Crippen LogP contribution is 2.33. The van der Waals surface area contributed by atoms with E-state index in [1.54, 1.807) is 16.8 Å². The molecule has 34 heavy (non-hydrogen) atoms. The van der Waals surface area contributed by atoms with Crippen LogP contribution in [0, 0.1) is 0 Å². The number of aromatic nitrogens is 2. The Balaban J connectivity index is 1.39. The number of rotatable bonds is 5. The number of nitrogens with two attached hydrogens (primary N) is 1. The van der Waals surface area contributed by atoms with Crippen molar-refractivity contribution in [3.8, 4) is 0 Å². The van der Waals surface area contributed by atoms with Crippen LogP contribution in [0.3, 0.4) is 0 Å². The quantitative estimate of drug-likeness (QED) is 0.518. The molecule has 2 aromatic rings. The smallest absolute Gasteiger partial charge is 0.344 e. The Kier molecular flexibility index (Phi) is 6.94. The van der Waals surface area contributed by atoms with Crippen LogP contribution in [0.5, 0.6) is 0 Å². The molecule has 0 saturated carbocycles. The normalized spacial score (nSPS) is 20.3. The van der Waals surface area contributed by atoms with Gasteiger partial charge in [0.05, 0.1) is 15.7 Å². The van der Waals surface area contributed by atoms with Gasteiger partial charge in [0.15, 0.2) is 0 Å². The second-order valence-corrected chi connectivity index (χ2v) is 10.0. The van der Waals surface area contributed by atoms with Gasteiger partial charge in [0, 0.05) is 67.2 Å². The summed E-state index contributed by atoms with van der Waals surface area (Å²) in [4.78, 5) is 12.9. The molecule has 0 spiro atoms. The molecule has 2 N–H and O–H groups in total. The molecule has 1 aromatic carbocycles. The Morgan fingerprint density at radius 3 is 2.21 bits per heavy atom. The monoisotopic (exact) mass is 484 g/mol. The summed E-state index contributed by atoms with van der Waals surface area (Å²) in [6.45, 7) is 8.47. The Hall–Kier alpha value is -2.17. The molecule has 4 radical (unpaired) electrons. The molecule has 2 aliphatic rings. The van der Waals surface area contributed by atoms with Crippen LogP contribution in [0.15, 0.2) is 47.5 Å². The van der Waals surface area contributed by atoms with Crippen LogP contribution in [0.25, 0.3) is 0 Å². The molecular formula is C22H25B2F3N6S. The van der Waals surface area contributed by atoms with Crippen LogP contribution in [-0.4, -0.2) is 68.7 Å². The molecule has 2 aliphatic heterocycles. The fraction of sp³-hybridized carbons (Fsp3) is 0.455. The molecule has 4 rings (SSSR count). The van der Waals surface area contributed by atoms with Gasteiger partial charge in [-0.1, -0.05) is 18.7 Å². The van der Waals surface area contributed by atoms with Gasteiger partial charge in [-0.15, -0.1) is 0 Å². The molecular weight excluding hydrogens is 459 g/mol. The molecule has 1 unspecified atom stereocenters. The molecule has 0 aliphatic carbocycles. The third kappa shape index (κ3) is 5.72. The molecule has 2 saturated heterocycles. The summed E-state index contributed by atoms with van der Waals surface area (Å²) >= 11 is 1.61. The first-order chi connectivity index (χ1) is 15.9. The fourth-order valence-electron chi connectivity index (χ4n) is 3.94. The van der Waals surface area contributed by atoms with E-state index < -0.39 is 17.1 Å². The molecule has 1 aromatic heterocycles. The molecule has 1 atom stereocenters. The van der Waals surface area contributed by atoms with E-state index in [0.717, 1.165) is 35.3 Å². The van der Waals surface area contributed by atoms with Crippen LogP contribution in [-0.2, 0) is 11.4 Å². The van der Waals surface area contributed by atoms with E-state index in [-0.39, 0.29) is 17.7 Å². The average molecular weight is 484 g/mol. The lowest BCUT2D eigenvalue weighted by atomic mass is 9.54. The zero-order valence-corrected chi connectivity index (χ0v) is 19.7. The average Bonchev–Trinajstić information content (AvgIpc) is 3.11. The van der Waals surface area contributed by atoms with Crippen molar-refractivity contribution in [2.45, 2.75) is 35.7 Å². The molecule has 3 heterocycles. The van der Waals surface area contributed by atoms with Gasteiger partial charge in [0.1, 0.15) is 5.69 Å². The van der Waals surface area contributed by atoms with E-state index in [1.807, 2.05) is 0 Å². The van der Waals surface area contributed by atoms with Crippen LogP contribution in [0.4, 0.5) is 24.8 Å². The molecule has 176 valence electrons. The summed E-state index contributed by atoms with van der Waals surface area (Å²) in [6, 6.07) is 9.12. The van der Waals surface area contributed by atoms with Gasteiger partial charge in [-0.3, -0.25) is 0 Å². The third-order valence-electron chi connectivity index (χ3n) is 5.76. The zero-order chi connectivity index (χ0) is 24.7. The first-order valence-electron chi connectivity index (χ1n) is 10.9. The highest BCUT2D eigenvalue weighted by atomic mass is 32.2. The van der Waals surface area contributed by atoms with Crippen molar-refractivity contribution in [2.75, 3.05) is 42.5 Å². The van der Waals surface area contributed by atoms with Crippen LogP contribution >= 0.6 is 11.9 Å². The number of piperazine rings is 1. The second-order valence-electron chi connectivity index (χ2n) is 8.86. The minimum absolute atomic E-state index is 0.00926. The lowest BCUT2D eigenvalue weighted by Crippen LogP contribution is -2.44. The predicted octanol–water partition coefficient (Wildman–Crippen LogP) is 2.89. The standard InChI is InChI=1S/C22H25B2F3N6S/c1-14-11-15(28)13-33(14)16-3-5-17(6-4-16)34-32-9-7-31(8-10-32)20-29-18(21(2,23)24)12-19(30-20)22(25,26)27/h3-6,12,15H,1,7-11,13,28H2,2H3. The Morgan fingerprint density at radius 1 is 1.06 bits per heavy atom. The van der Waals surface area contributed by atoms with Crippen molar-refractivity contribution in [1.82, 2.24) is 14.3 Å². The molecule has 12 heteroatoms. The van der Waals surface area contributed by atoms with Crippen molar-refractivity contribution in [3.05, 3.63) is 54.0 Å². The highest BCUT2D eigenvalue weighted by molar-refractivity contribution is 7.97. The van der Waals surface area contributed by atoms with Crippen LogP contribution in [0.1, 0.15) is 24.7 Å². The topological polar surface area (TPSA) is 61.5 Å². The number of nitrogens with zero attached hydrogens (tertiary/aromatic N) is 5. The summed E-state index contributed by atoms with van der Waals surface area (Å²) in [5, 5.41) is -1.51. The van der Waals surface area contributed by atoms with Gasteiger partial charge in [0.25, 0.3) is 0 Å². The van der Waals surface area contributed by atoms with Gasteiger partial charge >= 0.3 is 6.18 Å². The summed E-state index contributed by atoms with van der Waals surface area (Å²) in [5.74, 6) is -0.00926. The Bertz CT molecular complexity index is 1000. The van der Waals surface area contributed by atoms with Gasteiger partial charge in [0.2, 0.25) is 5.95 Å². The first kappa shape index (κ1) is 24.9. The fourth-order valence-corrected chi connectivity index (χ4v) is 4.84.